The topological polar surface area (TPSA) is 41.3 Å². The van der Waals surface area contributed by atoms with E-state index in [-0.39, 0.29) is 12.1 Å². The number of hydrogen-bond acceptors (Lipinski definition) is 3. The Balaban J connectivity index is 2.11. The molecule has 2 atom stereocenters. The largest absolute Gasteiger partial charge is 0.394 e. The Morgan fingerprint density at radius 3 is 2.89 bits per heavy atom. The van der Waals surface area contributed by atoms with Crippen molar-refractivity contribution in [3.8, 4) is 0 Å². The van der Waals surface area contributed by atoms with E-state index in [1.807, 2.05) is 11.9 Å². The predicted molar refractivity (Wildman–Crippen MR) is 67.8 cm³/mol. The molecule has 6 heteroatoms. The zero-order chi connectivity index (χ0) is 14.0. The van der Waals surface area contributed by atoms with Crippen molar-refractivity contribution in [3.05, 3.63) is 18.2 Å². The minimum absolute atomic E-state index is 0.0588. The lowest BCUT2D eigenvalue weighted by Crippen LogP contribution is -2.47. The average molecular weight is 273 g/mol. The quantitative estimate of drug-likeness (QED) is 0.894. The van der Waals surface area contributed by atoms with Gasteiger partial charge in [-0.05, 0) is 32.2 Å². The normalized spacial score (nSPS) is 27.6. The minimum Gasteiger partial charge on any atom is -0.394 e. The second-order valence-electron chi connectivity index (χ2n) is 5.61. The second kappa shape index (κ2) is 5.54. The van der Waals surface area contributed by atoms with E-state index < -0.39 is 6.55 Å². The summed E-state index contributed by atoms with van der Waals surface area (Å²) in [4.78, 5) is 5.96. The third kappa shape index (κ3) is 2.79. The molecule has 1 heterocycles. The summed E-state index contributed by atoms with van der Waals surface area (Å²) in [5.74, 6) is 0.898. The molecule has 0 spiro atoms. The zero-order valence-corrected chi connectivity index (χ0v) is 11.4. The molecule has 1 fully saturated rings. The van der Waals surface area contributed by atoms with Crippen molar-refractivity contribution in [1.29, 1.82) is 0 Å². The molecule has 1 aromatic rings. The molecule has 4 nitrogen and oxygen atoms in total. The summed E-state index contributed by atoms with van der Waals surface area (Å²) in [7, 11) is 1.87. The summed E-state index contributed by atoms with van der Waals surface area (Å²) in [6.07, 6.45) is 5.54. The summed E-state index contributed by atoms with van der Waals surface area (Å²) in [5, 5.41) is 9.69. The number of aromatic nitrogens is 2. The average Bonchev–Trinajstić information content (AvgIpc) is 2.96. The van der Waals surface area contributed by atoms with Gasteiger partial charge in [0.25, 0.3) is 0 Å². The van der Waals surface area contributed by atoms with Gasteiger partial charge >= 0.3 is 6.55 Å². The van der Waals surface area contributed by atoms with E-state index >= 15 is 0 Å². The fourth-order valence-electron chi connectivity index (χ4n) is 3.00. The highest BCUT2D eigenvalue weighted by Crippen LogP contribution is 2.38. The van der Waals surface area contributed by atoms with Crippen molar-refractivity contribution in [2.75, 3.05) is 13.7 Å². The van der Waals surface area contributed by atoms with Crippen molar-refractivity contribution in [2.45, 2.75) is 44.8 Å². The highest BCUT2D eigenvalue weighted by Gasteiger charge is 2.40. The van der Waals surface area contributed by atoms with Crippen LogP contribution in [0.2, 0.25) is 0 Å². The molecule has 2 rings (SSSR count). The predicted octanol–water partition coefficient (Wildman–Crippen LogP) is 2.26. The van der Waals surface area contributed by atoms with Crippen LogP contribution in [0, 0.1) is 5.92 Å². The highest BCUT2D eigenvalue weighted by atomic mass is 19.3. The molecule has 0 radical (unpaired) electrons. The molecule has 0 aliphatic heterocycles. The maximum Gasteiger partial charge on any atom is 0.319 e. The first kappa shape index (κ1) is 14.4. The van der Waals surface area contributed by atoms with Crippen LogP contribution in [-0.4, -0.2) is 38.8 Å². The second-order valence-corrected chi connectivity index (χ2v) is 5.61. The van der Waals surface area contributed by atoms with E-state index in [9.17, 15) is 13.9 Å². The Morgan fingerprint density at radius 2 is 2.37 bits per heavy atom. The van der Waals surface area contributed by atoms with Crippen LogP contribution in [0.4, 0.5) is 8.78 Å². The van der Waals surface area contributed by atoms with Crippen molar-refractivity contribution >= 4 is 0 Å². The Kier molecular flexibility index (Phi) is 4.20. The first-order valence-corrected chi connectivity index (χ1v) is 6.60. The van der Waals surface area contributed by atoms with Gasteiger partial charge in [-0.1, -0.05) is 6.92 Å². The van der Waals surface area contributed by atoms with Gasteiger partial charge in [0.2, 0.25) is 0 Å². The van der Waals surface area contributed by atoms with Crippen LogP contribution in [0.15, 0.2) is 12.4 Å². The van der Waals surface area contributed by atoms with E-state index in [2.05, 4.69) is 11.9 Å². The first-order valence-electron chi connectivity index (χ1n) is 6.60. The Bertz CT molecular complexity index is 424. The molecule has 0 bridgehead atoms. The van der Waals surface area contributed by atoms with Crippen molar-refractivity contribution < 1.29 is 13.9 Å². The molecule has 1 N–H and O–H groups in total. The van der Waals surface area contributed by atoms with E-state index in [0.717, 1.165) is 23.8 Å². The molecule has 1 aliphatic carbocycles. The lowest BCUT2D eigenvalue weighted by atomic mass is 9.95. The van der Waals surface area contributed by atoms with Gasteiger partial charge in [-0.25, -0.2) is 4.98 Å². The summed E-state index contributed by atoms with van der Waals surface area (Å²) in [5.41, 5.74) is -0.293. The van der Waals surface area contributed by atoms with Crippen LogP contribution in [0.25, 0.3) is 0 Å². The molecular weight excluding hydrogens is 252 g/mol. The van der Waals surface area contributed by atoms with Gasteiger partial charge in [0, 0.05) is 17.9 Å². The number of imidazole rings is 1. The summed E-state index contributed by atoms with van der Waals surface area (Å²) in [6, 6.07) is 0. The van der Waals surface area contributed by atoms with Gasteiger partial charge in [0.15, 0.2) is 0 Å². The lowest BCUT2D eigenvalue weighted by molar-refractivity contribution is 0.0331. The molecule has 0 unspecified atom stereocenters. The Labute approximate surface area is 112 Å². The fourth-order valence-corrected chi connectivity index (χ4v) is 3.00. The van der Waals surface area contributed by atoms with Gasteiger partial charge < -0.3 is 5.11 Å². The first-order chi connectivity index (χ1) is 8.98. The van der Waals surface area contributed by atoms with Crippen LogP contribution in [-0.2, 0) is 6.54 Å². The number of aliphatic hydroxyl groups is 1. The number of alkyl halides is 2. The molecule has 108 valence electrons. The highest BCUT2D eigenvalue weighted by molar-refractivity contribution is 4.99. The van der Waals surface area contributed by atoms with Gasteiger partial charge in [0.05, 0.1) is 13.2 Å². The van der Waals surface area contributed by atoms with Crippen LogP contribution >= 0.6 is 0 Å². The van der Waals surface area contributed by atoms with Gasteiger partial charge in [-0.15, -0.1) is 0 Å². The zero-order valence-electron chi connectivity index (χ0n) is 11.4. The fraction of sp³-hybridized carbons (Fsp3) is 0.769. The van der Waals surface area contributed by atoms with Gasteiger partial charge in [-0.3, -0.25) is 9.47 Å². The van der Waals surface area contributed by atoms with E-state index in [0.29, 0.717) is 18.3 Å². The van der Waals surface area contributed by atoms with Crippen molar-refractivity contribution in [3.63, 3.8) is 0 Å². The molecule has 19 heavy (non-hydrogen) atoms. The molecule has 1 aliphatic rings. The van der Waals surface area contributed by atoms with E-state index in [1.165, 1.54) is 12.4 Å². The van der Waals surface area contributed by atoms with Gasteiger partial charge in [-0.2, -0.15) is 8.78 Å². The molecule has 0 saturated heterocycles. The van der Waals surface area contributed by atoms with E-state index in [1.54, 1.807) is 0 Å². The number of rotatable bonds is 5. The SMILES string of the molecule is C[C@@H]1CC[C@@](CO)(N(C)Cc2nccn2C(F)F)C1. The van der Waals surface area contributed by atoms with Crippen LogP contribution in [0.5, 0.6) is 0 Å². The number of aliphatic hydroxyl groups excluding tert-OH is 1. The summed E-state index contributed by atoms with van der Waals surface area (Å²) in [6.45, 7) is -0.0300. The van der Waals surface area contributed by atoms with Crippen LogP contribution in [0.1, 0.15) is 38.6 Å². The van der Waals surface area contributed by atoms with E-state index in [4.69, 9.17) is 0 Å². The lowest BCUT2D eigenvalue weighted by Gasteiger charge is -2.37. The molecule has 0 aromatic carbocycles. The standard InChI is InChI=1S/C13H21F2N3O/c1-10-3-4-13(7-10,9-19)17(2)8-11-16-5-6-18(11)12(14)15/h5-6,10,12,19H,3-4,7-9H2,1-2H3/t10-,13-/m1/s1. The summed E-state index contributed by atoms with van der Waals surface area (Å²) >= 11 is 0. The minimum atomic E-state index is -2.57. The number of nitrogens with zero attached hydrogens (tertiary/aromatic N) is 3. The van der Waals surface area contributed by atoms with Crippen molar-refractivity contribution in [2.24, 2.45) is 5.92 Å². The maximum atomic E-state index is 12.8. The number of likely N-dealkylation sites (N-methyl/N-ethyl adjacent to an activating group) is 1. The maximum absolute atomic E-state index is 12.8. The van der Waals surface area contributed by atoms with Crippen LogP contribution in [0.3, 0.4) is 0 Å². The Hall–Kier alpha value is -1.01. The Morgan fingerprint density at radius 1 is 1.63 bits per heavy atom. The summed E-state index contributed by atoms with van der Waals surface area (Å²) < 4.78 is 26.4. The number of hydrogen-bond donors (Lipinski definition) is 1. The third-order valence-electron chi connectivity index (χ3n) is 4.27. The third-order valence-corrected chi connectivity index (χ3v) is 4.27. The molecule has 0 amide bonds. The molecule has 1 aromatic heterocycles. The monoisotopic (exact) mass is 273 g/mol. The molecule has 1 saturated carbocycles. The molecular formula is C13H21F2N3O. The number of halogens is 2. The van der Waals surface area contributed by atoms with Gasteiger partial charge in [0.1, 0.15) is 5.82 Å². The van der Waals surface area contributed by atoms with Crippen molar-refractivity contribution in [1.82, 2.24) is 14.5 Å². The van der Waals surface area contributed by atoms with Crippen LogP contribution < -0.4 is 0 Å². The smallest absolute Gasteiger partial charge is 0.319 e.